The fraction of sp³-hybridized carbons (Fsp3) is 0.174. The normalized spacial score (nSPS) is 11.3. The third-order valence-electron chi connectivity index (χ3n) is 4.72. The molecule has 13 heteroatoms. The summed E-state index contributed by atoms with van der Waals surface area (Å²) >= 11 is 1.05. The van der Waals surface area contributed by atoms with E-state index >= 15 is 0 Å². The molecule has 0 radical (unpaired) electrons. The van der Waals surface area contributed by atoms with Gasteiger partial charge in [-0.2, -0.15) is 0 Å². The maximum Gasteiger partial charge on any atom is 0.409 e. The molecule has 36 heavy (non-hydrogen) atoms. The summed E-state index contributed by atoms with van der Waals surface area (Å²) in [5.74, 6) is -0.742. The van der Waals surface area contributed by atoms with Crippen molar-refractivity contribution in [3.05, 3.63) is 64.7 Å². The average Bonchev–Trinajstić information content (AvgIpc) is 3.20. The second-order valence-electron chi connectivity index (χ2n) is 7.60. The van der Waals surface area contributed by atoms with E-state index < -0.39 is 21.8 Å². The van der Waals surface area contributed by atoms with Gasteiger partial charge in [0.2, 0.25) is 5.91 Å². The predicted octanol–water partition coefficient (Wildman–Crippen LogP) is 3.47. The van der Waals surface area contributed by atoms with E-state index in [1.165, 1.54) is 31.2 Å². The van der Waals surface area contributed by atoms with Gasteiger partial charge in [-0.1, -0.05) is 23.5 Å². The molecule has 1 heterocycles. The Morgan fingerprint density at radius 3 is 2.28 bits per heavy atom. The highest BCUT2D eigenvalue weighted by Crippen LogP contribution is 2.26. The van der Waals surface area contributed by atoms with Crippen LogP contribution in [0.4, 0.5) is 21.3 Å². The monoisotopic (exact) mass is 529 g/mol. The molecule has 0 bridgehead atoms. The van der Waals surface area contributed by atoms with Crippen LogP contribution < -0.4 is 16.0 Å². The Labute approximate surface area is 211 Å². The molecule has 0 atom stereocenters. The number of carboxylic acid groups (broad SMARTS) is 1. The molecule has 4 N–H and O–H groups in total. The van der Waals surface area contributed by atoms with Crippen molar-refractivity contribution in [3.63, 3.8) is 0 Å². The Hall–Kier alpha value is -4.10. The van der Waals surface area contributed by atoms with Crippen LogP contribution in [0.25, 0.3) is 0 Å². The van der Waals surface area contributed by atoms with Crippen molar-refractivity contribution < 1.29 is 27.9 Å². The fourth-order valence-corrected chi connectivity index (χ4v) is 4.63. The maximum atomic E-state index is 13.0. The smallest absolute Gasteiger partial charge is 0.409 e. The molecule has 3 rings (SSSR count). The maximum absolute atomic E-state index is 13.0. The highest BCUT2D eigenvalue weighted by atomic mass is 32.2. The molecule has 0 aliphatic heterocycles. The first kappa shape index (κ1) is 26.5. The summed E-state index contributed by atoms with van der Waals surface area (Å²) in [4.78, 5) is 43.8. The number of hydrogen-bond donors (Lipinski definition) is 4. The van der Waals surface area contributed by atoms with Crippen LogP contribution >= 0.6 is 11.3 Å². The van der Waals surface area contributed by atoms with Gasteiger partial charge in [0.05, 0.1) is 22.6 Å². The van der Waals surface area contributed by atoms with Crippen LogP contribution in [0.5, 0.6) is 0 Å². The molecule has 0 unspecified atom stereocenters. The van der Waals surface area contributed by atoms with Crippen molar-refractivity contribution >= 4 is 61.9 Å². The zero-order chi connectivity index (χ0) is 26.3. The number of aryl methyl sites for hydroxylation is 2. The Morgan fingerprint density at radius 1 is 1.03 bits per heavy atom. The number of aromatic nitrogens is 1. The number of rotatable bonds is 9. The number of nitrogens with zero attached hydrogens (tertiary/aromatic N) is 2. The Morgan fingerprint density at radius 2 is 1.69 bits per heavy atom. The molecule has 11 nitrogen and oxygen atoms in total. The lowest BCUT2D eigenvalue weighted by atomic mass is 10.1. The van der Waals surface area contributed by atoms with E-state index in [0.29, 0.717) is 39.9 Å². The minimum absolute atomic E-state index is 0.141. The first-order valence-electron chi connectivity index (χ1n) is 10.5. The van der Waals surface area contributed by atoms with E-state index in [1.54, 1.807) is 12.1 Å². The molecule has 0 fully saturated rings. The number of benzene rings is 2. The van der Waals surface area contributed by atoms with E-state index in [1.807, 2.05) is 17.4 Å². The molecule has 0 saturated carbocycles. The van der Waals surface area contributed by atoms with E-state index in [2.05, 4.69) is 20.6 Å². The Balaban J connectivity index is 1.73. The third kappa shape index (κ3) is 7.71. The van der Waals surface area contributed by atoms with Gasteiger partial charge in [0, 0.05) is 18.9 Å². The van der Waals surface area contributed by atoms with Crippen LogP contribution in [0.15, 0.2) is 58.4 Å². The summed E-state index contributed by atoms with van der Waals surface area (Å²) in [6.07, 6.45) is 1.93. The van der Waals surface area contributed by atoms with Crippen LogP contribution in [-0.2, 0) is 27.5 Å². The SMILES string of the molecule is CC(=O)Nc1nc(CCc2ccc(N=CNC(=O)O)cc2)c(C(=O)Nc2ccc(S(C)(=O)=O)cc2)s1. The summed E-state index contributed by atoms with van der Waals surface area (Å²) < 4.78 is 23.3. The first-order chi connectivity index (χ1) is 17.0. The van der Waals surface area contributed by atoms with Crippen LogP contribution in [0.2, 0.25) is 0 Å². The zero-order valence-electron chi connectivity index (χ0n) is 19.3. The highest BCUT2D eigenvalue weighted by molar-refractivity contribution is 7.90. The molecular weight excluding hydrogens is 506 g/mol. The number of carbonyl (C=O) groups excluding carboxylic acids is 2. The molecule has 3 aromatic rings. The largest absolute Gasteiger partial charge is 0.465 e. The molecule has 0 aliphatic rings. The third-order valence-corrected chi connectivity index (χ3v) is 6.86. The van der Waals surface area contributed by atoms with Gasteiger partial charge in [0.1, 0.15) is 4.88 Å². The van der Waals surface area contributed by atoms with Gasteiger partial charge in [0.25, 0.3) is 5.91 Å². The molecule has 188 valence electrons. The van der Waals surface area contributed by atoms with Crippen molar-refractivity contribution in [1.82, 2.24) is 10.3 Å². The molecule has 1 aromatic heterocycles. The van der Waals surface area contributed by atoms with E-state index in [9.17, 15) is 22.8 Å². The molecule has 0 saturated heterocycles. The van der Waals surface area contributed by atoms with E-state index in [4.69, 9.17) is 5.11 Å². The second-order valence-corrected chi connectivity index (χ2v) is 10.6. The zero-order valence-corrected chi connectivity index (χ0v) is 20.9. The highest BCUT2D eigenvalue weighted by Gasteiger charge is 2.19. The number of thiazole rings is 1. The van der Waals surface area contributed by atoms with Gasteiger partial charge in [-0.15, -0.1) is 0 Å². The van der Waals surface area contributed by atoms with Crippen LogP contribution in [0.1, 0.15) is 27.9 Å². The van der Waals surface area contributed by atoms with Crippen molar-refractivity contribution in [2.24, 2.45) is 4.99 Å². The molecule has 0 aliphatic carbocycles. The summed E-state index contributed by atoms with van der Waals surface area (Å²) in [7, 11) is -3.35. The van der Waals surface area contributed by atoms with E-state index in [-0.39, 0.29) is 10.8 Å². The second kappa shape index (κ2) is 11.6. The van der Waals surface area contributed by atoms with Gasteiger partial charge >= 0.3 is 6.09 Å². The topological polar surface area (TPSA) is 167 Å². The fourth-order valence-electron chi connectivity index (χ4n) is 3.05. The van der Waals surface area contributed by atoms with Crippen LogP contribution in [-0.4, -0.2) is 49.0 Å². The van der Waals surface area contributed by atoms with Crippen LogP contribution in [0.3, 0.4) is 0 Å². The molecule has 3 amide bonds. The summed E-state index contributed by atoms with van der Waals surface area (Å²) in [5.41, 5.74) is 2.43. The number of sulfone groups is 1. The van der Waals surface area contributed by atoms with Gasteiger partial charge in [0.15, 0.2) is 15.0 Å². The van der Waals surface area contributed by atoms with Crippen molar-refractivity contribution in [1.29, 1.82) is 0 Å². The van der Waals surface area contributed by atoms with Gasteiger partial charge in [-0.05, 0) is 54.8 Å². The number of hydrogen-bond acceptors (Lipinski definition) is 8. The van der Waals surface area contributed by atoms with Crippen molar-refractivity contribution in [2.45, 2.75) is 24.7 Å². The van der Waals surface area contributed by atoms with Gasteiger partial charge in [-0.3, -0.25) is 14.9 Å². The number of anilines is 2. The first-order valence-corrected chi connectivity index (χ1v) is 13.2. The Bertz CT molecular complexity index is 1400. The number of nitrogens with one attached hydrogen (secondary N) is 3. The van der Waals surface area contributed by atoms with E-state index in [0.717, 1.165) is 29.5 Å². The average molecular weight is 530 g/mol. The van der Waals surface area contributed by atoms with Crippen molar-refractivity contribution in [2.75, 3.05) is 16.9 Å². The Kier molecular flexibility index (Phi) is 8.51. The lowest BCUT2D eigenvalue weighted by Gasteiger charge is -2.07. The summed E-state index contributed by atoms with van der Waals surface area (Å²) in [5, 5.41) is 16.2. The number of carbonyl (C=O) groups is 3. The number of amides is 3. The summed E-state index contributed by atoms with van der Waals surface area (Å²) in [6.45, 7) is 1.35. The number of aliphatic imine (C=N–C) groups is 1. The lowest BCUT2D eigenvalue weighted by Crippen LogP contribution is -2.17. The standard InChI is InChI=1S/C23H23N5O6S2/c1-14(29)26-22-28-19(12-5-15-3-6-16(7-4-15)24-13-25-23(31)32)20(35-22)21(30)27-17-8-10-18(11-9-17)36(2,33)34/h3-4,6-11,13H,5,12H2,1-2H3,(H,24,25)(H,27,30)(H,31,32)(H,26,28,29). The van der Waals surface area contributed by atoms with Gasteiger partial charge < -0.3 is 15.7 Å². The predicted molar refractivity (Wildman–Crippen MR) is 137 cm³/mol. The molecule has 2 aromatic carbocycles. The van der Waals surface area contributed by atoms with Gasteiger partial charge in [-0.25, -0.2) is 23.2 Å². The minimum Gasteiger partial charge on any atom is -0.465 e. The lowest BCUT2D eigenvalue weighted by molar-refractivity contribution is -0.114. The van der Waals surface area contributed by atoms with Crippen LogP contribution in [0, 0.1) is 0 Å². The van der Waals surface area contributed by atoms with Crippen molar-refractivity contribution in [3.8, 4) is 0 Å². The quantitative estimate of drug-likeness (QED) is 0.243. The minimum atomic E-state index is -3.35. The summed E-state index contributed by atoms with van der Waals surface area (Å²) in [6, 6.07) is 12.9. The molecule has 0 spiro atoms. The molecular formula is C23H23N5O6S2.